The third kappa shape index (κ3) is 8.08. The molecule has 0 aliphatic carbocycles. The van der Waals surface area contributed by atoms with E-state index in [4.69, 9.17) is 38.0 Å². The van der Waals surface area contributed by atoms with Crippen molar-refractivity contribution >= 4 is 62.8 Å². The van der Waals surface area contributed by atoms with Crippen LogP contribution in [0.4, 0.5) is 0 Å². The Morgan fingerprint density at radius 1 is 1.06 bits per heavy atom. The third-order valence-electron chi connectivity index (χ3n) is 3.64. The topological polar surface area (TPSA) is 97.9 Å². The maximum Gasteiger partial charge on any atom is 0.276 e. The minimum atomic E-state index is -0.517. The van der Waals surface area contributed by atoms with Crippen molar-refractivity contribution in [3.8, 4) is 17.2 Å². The third-order valence-corrected chi connectivity index (χ3v) is 4.63. The van der Waals surface area contributed by atoms with Gasteiger partial charge < -0.3 is 14.2 Å². The van der Waals surface area contributed by atoms with E-state index in [0.29, 0.717) is 22.3 Å². The Morgan fingerprint density at radius 2 is 1.77 bits per heavy atom. The molecule has 0 radical (unpaired) electrons. The Bertz CT molecular complexity index is 1000. The van der Waals surface area contributed by atoms with Crippen LogP contribution >= 0.6 is 39.7 Å². The van der Waals surface area contributed by atoms with Crippen molar-refractivity contribution in [2.24, 2.45) is 0 Å². The summed E-state index contributed by atoms with van der Waals surface area (Å²) in [5.41, 5.74) is 5.45. The van der Waals surface area contributed by atoms with Crippen molar-refractivity contribution in [1.29, 1.82) is 0 Å². The minimum Gasteiger partial charge on any atom is -0.493 e. The van der Waals surface area contributed by atoms with Crippen LogP contribution in [0.15, 0.2) is 46.9 Å². The van der Waals surface area contributed by atoms with E-state index < -0.39 is 11.8 Å². The first-order chi connectivity index (χ1) is 14.8. The summed E-state index contributed by atoms with van der Waals surface area (Å²) < 4.78 is 16.5. The number of thiocarbonyl (C=S) groups is 1. The summed E-state index contributed by atoms with van der Waals surface area (Å²) in [5.74, 6) is 0.472. The van der Waals surface area contributed by atoms with Crippen LogP contribution in [0.5, 0.6) is 17.2 Å². The molecule has 0 aromatic heterocycles. The van der Waals surface area contributed by atoms with E-state index in [1.807, 2.05) is 0 Å². The molecule has 2 amide bonds. The molecule has 31 heavy (non-hydrogen) atoms. The van der Waals surface area contributed by atoms with Crippen LogP contribution in [0.3, 0.4) is 0 Å². The maximum atomic E-state index is 12.0. The molecule has 2 aromatic rings. The van der Waals surface area contributed by atoms with E-state index in [2.05, 4.69) is 32.1 Å². The molecule has 0 saturated heterocycles. The Labute approximate surface area is 198 Å². The van der Waals surface area contributed by atoms with Crippen LogP contribution in [-0.4, -0.2) is 37.8 Å². The first kappa shape index (κ1) is 24.4. The molecule has 0 aliphatic heterocycles. The number of hydrogen-bond donors (Lipinski definition) is 3. The van der Waals surface area contributed by atoms with Crippen molar-refractivity contribution in [2.75, 3.05) is 20.8 Å². The average molecular weight is 529 g/mol. The zero-order chi connectivity index (χ0) is 22.8. The highest BCUT2D eigenvalue weighted by atomic mass is 79.9. The number of methoxy groups -OCH3 is 2. The highest BCUT2D eigenvalue weighted by Crippen LogP contribution is 2.28. The van der Waals surface area contributed by atoms with Crippen molar-refractivity contribution in [1.82, 2.24) is 16.2 Å². The lowest BCUT2D eigenvalue weighted by atomic mass is 10.2. The Hall–Kier alpha value is -2.82. The molecule has 0 heterocycles. The Kier molecular flexibility index (Phi) is 9.57. The lowest BCUT2D eigenvalue weighted by Gasteiger charge is -2.11. The predicted molar refractivity (Wildman–Crippen MR) is 125 cm³/mol. The number of nitrogens with one attached hydrogen (secondary N) is 3. The lowest BCUT2D eigenvalue weighted by Crippen LogP contribution is -2.49. The quantitative estimate of drug-likeness (QED) is 0.288. The Balaban J connectivity index is 1.76. The van der Waals surface area contributed by atoms with Crippen LogP contribution in [0, 0.1) is 0 Å². The largest absolute Gasteiger partial charge is 0.493 e. The fourth-order valence-electron chi connectivity index (χ4n) is 2.21. The number of benzene rings is 2. The van der Waals surface area contributed by atoms with E-state index >= 15 is 0 Å². The summed E-state index contributed by atoms with van der Waals surface area (Å²) in [6.07, 6.45) is 2.87. The van der Waals surface area contributed by atoms with Crippen LogP contribution < -0.4 is 30.4 Å². The van der Waals surface area contributed by atoms with Gasteiger partial charge in [0, 0.05) is 10.5 Å². The summed E-state index contributed by atoms with van der Waals surface area (Å²) in [5, 5.41) is 2.68. The number of ether oxygens (including phenoxy) is 3. The summed E-state index contributed by atoms with van der Waals surface area (Å²) >= 11 is 14.3. The first-order valence-electron chi connectivity index (χ1n) is 8.70. The normalized spacial score (nSPS) is 10.3. The number of hydrazine groups is 1. The molecule has 0 saturated carbocycles. The number of amides is 2. The SMILES string of the molecule is COc1ccc(C=CC(=O)NC(=S)NNC(=O)COc2ccc(Br)cc2Cl)cc1OC. The van der Waals surface area contributed by atoms with Gasteiger partial charge >= 0.3 is 0 Å². The Morgan fingerprint density at radius 3 is 2.45 bits per heavy atom. The van der Waals surface area contributed by atoms with Crippen LogP contribution in [0.25, 0.3) is 6.08 Å². The molecular formula is C20H19BrClN3O5S. The molecule has 0 atom stereocenters. The number of halogens is 2. The highest BCUT2D eigenvalue weighted by Gasteiger charge is 2.08. The lowest BCUT2D eigenvalue weighted by molar-refractivity contribution is -0.123. The summed E-state index contributed by atoms with van der Waals surface area (Å²) in [6, 6.07) is 10.2. The zero-order valence-corrected chi connectivity index (χ0v) is 19.7. The predicted octanol–water partition coefficient (Wildman–Crippen LogP) is 3.23. The standard InChI is InChI=1S/C20H19BrClN3O5S/c1-28-16-6-3-12(9-17(16)29-2)4-8-18(26)23-20(31)25-24-19(27)11-30-15-7-5-13(21)10-14(15)22/h3-10H,11H2,1-2H3,(H,24,27)(H2,23,25,26,31). The number of carbonyl (C=O) groups excluding carboxylic acids is 2. The molecular weight excluding hydrogens is 510 g/mol. The minimum absolute atomic E-state index is 0.0861. The van der Waals surface area contributed by atoms with E-state index in [1.54, 1.807) is 42.5 Å². The highest BCUT2D eigenvalue weighted by molar-refractivity contribution is 9.10. The van der Waals surface area contributed by atoms with E-state index in [0.717, 1.165) is 10.0 Å². The zero-order valence-electron chi connectivity index (χ0n) is 16.5. The fraction of sp³-hybridized carbons (Fsp3) is 0.150. The second kappa shape index (κ2) is 12.1. The molecule has 2 rings (SSSR count). The van der Waals surface area contributed by atoms with Gasteiger partial charge in [-0.2, -0.15) is 0 Å². The molecule has 0 unspecified atom stereocenters. The van der Waals surface area contributed by atoms with Gasteiger partial charge in [0.05, 0.1) is 19.2 Å². The van der Waals surface area contributed by atoms with Gasteiger partial charge in [0.25, 0.3) is 5.91 Å². The molecule has 0 spiro atoms. The molecule has 3 N–H and O–H groups in total. The molecule has 0 aliphatic rings. The molecule has 2 aromatic carbocycles. The maximum absolute atomic E-state index is 12.0. The van der Waals surface area contributed by atoms with Gasteiger partial charge in [-0.1, -0.05) is 33.6 Å². The summed E-state index contributed by atoms with van der Waals surface area (Å²) in [4.78, 5) is 23.8. The number of hydrogen-bond acceptors (Lipinski definition) is 6. The van der Waals surface area contributed by atoms with E-state index in [1.165, 1.54) is 20.3 Å². The smallest absolute Gasteiger partial charge is 0.276 e. The molecule has 0 fully saturated rings. The summed E-state index contributed by atoms with van der Waals surface area (Å²) in [6.45, 7) is -0.301. The molecule has 8 nitrogen and oxygen atoms in total. The van der Waals surface area contributed by atoms with Crippen molar-refractivity contribution in [2.45, 2.75) is 0 Å². The molecule has 11 heteroatoms. The second-order valence-corrected chi connectivity index (χ2v) is 7.53. The van der Waals surface area contributed by atoms with Gasteiger partial charge in [-0.05, 0) is 54.2 Å². The van der Waals surface area contributed by atoms with Crippen molar-refractivity contribution in [3.05, 3.63) is 57.5 Å². The molecule has 0 bridgehead atoms. The van der Waals surface area contributed by atoms with Crippen LogP contribution in [-0.2, 0) is 9.59 Å². The van der Waals surface area contributed by atoms with E-state index in [-0.39, 0.29) is 11.7 Å². The van der Waals surface area contributed by atoms with E-state index in [9.17, 15) is 9.59 Å². The van der Waals surface area contributed by atoms with Gasteiger partial charge in [-0.15, -0.1) is 0 Å². The second-order valence-electron chi connectivity index (χ2n) is 5.80. The number of rotatable bonds is 7. The monoisotopic (exact) mass is 527 g/mol. The van der Waals surface area contributed by atoms with Gasteiger partial charge in [-0.3, -0.25) is 25.8 Å². The first-order valence-corrected chi connectivity index (χ1v) is 10.3. The number of carbonyl (C=O) groups is 2. The van der Waals surface area contributed by atoms with Crippen molar-refractivity contribution < 1.29 is 23.8 Å². The van der Waals surface area contributed by atoms with Crippen LogP contribution in [0.1, 0.15) is 5.56 Å². The van der Waals surface area contributed by atoms with Gasteiger partial charge in [0.1, 0.15) is 5.75 Å². The molecule has 164 valence electrons. The van der Waals surface area contributed by atoms with Crippen molar-refractivity contribution in [3.63, 3.8) is 0 Å². The van der Waals surface area contributed by atoms with Crippen LogP contribution in [0.2, 0.25) is 5.02 Å². The van der Waals surface area contributed by atoms with Gasteiger partial charge in [0.2, 0.25) is 5.91 Å². The fourth-order valence-corrected chi connectivity index (χ4v) is 3.09. The van der Waals surface area contributed by atoms with Gasteiger partial charge in [-0.25, -0.2) is 0 Å². The van der Waals surface area contributed by atoms with Gasteiger partial charge in [0.15, 0.2) is 23.2 Å². The average Bonchev–Trinajstić information content (AvgIpc) is 2.75. The summed E-state index contributed by atoms with van der Waals surface area (Å²) in [7, 11) is 3.06.